The Balaban J connectivity index is 2.15. The lowest BCUT2D eigenvalue weighted by Crippen LogP contribution is -3.06. The van der Waals surface area contributed by atoms with Gasteiger partial charge in [0.15, 0.2) is 11.5 Å². The number of benzene rings is 2. The van der Waals surface area contributed by atoms with E-state index in [1.807, 2.05) is 42.5 Å². The molecule has 1 atom stereocenters. The van der Waals surface area contributed by atoms with E-state index < -0.39 is 0 Å². The van der Waals surface area contributed by atoms with Crippen molar-refractivity contribution < 1.29 is 19.2 Å². The van der Waals surface area contributed by atoms with Crippen molar-refractivity contribution in [2.24, 2.45) is 0 Å². The van der Waals surface area contributed by atoms with E-state index in [1.165, 1.54) is 4.90 Å². The van der Waals surface area contributed by atoms with Crippen molar-refractivity contribution in [3.8, 4) is 11.5 Å². The Kier molecular flexibility index (Phi) is 7.48. The SMILES string of the molecule is COc1cc(Br)c(CC(=O)N[C@H](C[NH+](C)C)c2ccccc2)cc1OC. The third-order valence-corrected chi connectivity index (χ3v) is 4.79. The Morgan fingerprint density at radius 2 is 1.73 bits per heavy atom. The fraction of sp³-hybridized carbons (Fsp3) is 0.350. The summed E-state index contributed by atoms with van der Waals surface area (Å²) in [5.74, 6) is 1.20. The molecule has 0 heterocycles. The molecule has 0 radical (unpaired) electrons. The summed E-state index contributed by atoms with van der Waals surface area (Å²) in [4.78, 5) is 13.9. The third-order valence-electron chi connectivity index (χ3n) is 4.05. The van der Waals surface area contributed by atoms with Crippen molar-refractivity contribution in [2.45, 2.75) is 12.5 Å². The second-order valence-electron chi connectivity index (χ2n) is 6.42. The van der Waals surface area contributed by atoms with Crippen LogP contribution < -0.4 is 19.7 Å². The van der Waals surface area contributed by atoms with Crippen LogP contribution in [-0.2, 0) is 11.2 Å². The van der Waals surface area contributed by atoms with Crippen LogP contribution in [0.25, 0.3) is 0 Å². The summed E-state index contributed by atoms with van der Waals surface area (Å²) < 4.78 is 11.4. The van der Waals surface area contributed by atoms with E-state index in [0.717, 1.165) is 22.1 Å². The molecule has 1 amide bonds. The average molecular weight is 422 g/mol. The van der Waals surface area contributed by atoms with E-state index in [4.69, 9.17) is 9.47 Å². The molecule has 0 aliphatic rings. The van der Waals surface area contributed by atoms with Crippen molar-refractivity contribution in [2.75, 3.05) is 34.9 Å². The largest absolute Gasteiger partial charge is 0.493 e. The Bertz CT molecular complexity index is 735. The van der Waals surface area contributed by atoms with E-state index in [-0.39, 0.29) is 18.4 Å². The van der Waals surface area contributed by atoms with Crippen LogP contribution in [-0.4, -0.2) is 40.8 Å². The van der Waals surface area contributed by atoms with Gasteiger partial charge in [-0.1, -0.05) is 46.3 Å². The molecule has 0 fully saturated rings. The number of hydrogen-bond acceptors (Lipinski definition) is 3. The standard InChI is InChI=1S/C20H25BrN2O3/c1-23(2)13-17(14-8-6-5-7-9-14)22-20(24)11-15-10-18(25-3)19(26-4)12-16(15)21/h5-10,12,17H,11,13H2,1-4H3,(H,22,24)/p+1/t17-/m1/s1. The lowest BCUT2D eigenvalue weighted by molar-refractivity contribution is -0.860. The first-order chi connectivity index (χ1) is 12.4. The van der Waals surface area contributed by atoms with Crippen LogP contribution in [0.2, 0.25) is 0 Å². The van der Waals surface area contributed by atoms with Gasteiger partial charge in [0.1, 0.15) is 12.6 Å². The van der Waals surface area contributed by atoms with Gasteiger partial charge < -0.3 is 19.7 Å². The maximum Gasteiger partial charge on any atom is 0.225 e. The number of carbonyl (C=O) groups excluding carboxylic acids is 1. The molecular weight excluding hydrogens is 396 g/mol. The predicted octanol–water partition coefficient (Wildman–Crippen LogP) is 2.01. The molecule has 0 saturated carbocycles. The van der Waals surface area contributed by atoms with Gasteiger partial charge in [-0.3, -0.25) is 4.79 Å². The van der Waals surface area contributed by atoms with E-state index in [1.54, 1.807) is 14.2 Å². The maximum atomic E-state index is 12.7. The summed E-state index contributed by atoms with van der Waals surface area (Å²) in [7, 11) is 7.33. The number of amides is 1. The van der Waals surface area contributed by atoms with E-state index in [9.17, 15) is 4.79 Å². The molecular formula is C20H26BrN2O3+. The first-order valence-electron chi connectivity index (χ1n) is 8.48. The predicted molar refractivity (Wildman–Crippen MR) is 106 cm³/mol. The summed E-state index contributed by atoms with van der Waals surface area (Å²) in [5, 5.41) is 3.15. The summed E-state index contributed by atoms with van der Waals surface area (Å²) in [6.07, 6.45) is 0.257. The van der Waals surface area contributed by atoms with E-state index in [0.29, 0.717) is 11.5 Å². The molecule has 0 spiro atoms. The minimum atomic E-state index is -0.0346. The number of rotatable bonds is 8. The lowest BCUT2D eigenvalue weighted by Gasteiger charge is -2.21. The Morgan fingerprint density at radius 3 is 2.31 bits per heavy atom. The molecule has 0 unspecified atom stereocenters. The van der Waals surface area contributed by atoms with Gasteiger partial charge in [0.25, 0.3) is 0 Å². The molecule has 2 aromatic carbocycles. The van der Waals surface area contributed by atoms with Crippen molar-refractivity contribution in [1.82, 2.24) is 5.32 Å². The second-order valence-corrected chi connectivity index (χ2v) is 7.27. The molecule has 2 aromatic rings. The summed E-state index contributed by atoms with van der Waals surface area (Å²) in [6, 6.07) is 13.7. The lowest BCUT2D eigenvalue weighted by atomic mass is 10.1. The van der Waals surface area contributed by atoms with Crippen molar-refractivity contribution in [3.05, 3.63) is 58.1 Å². The zero-order chi connectivity index (χ0) is 19.1. The number of quaternary nitrogens is 1. The number of ether oxygens (including phenoxy) is 2. The van der Waals surface area contributed by atoms with E-state index in [2.05, 4.69) is 35.3 Å². The number of carbonyl (C=O) groups is 1. The van der Waals surface area contributed by atoms with Crippen LogP contribution in [0.4, 0.5) is 0 Å². The summed E-state index contributed by atoms with van der Waals surface area (Å²) >= 11 is 3.51. The fourth-order valence-electron chi connectivity index (χ4n) is 2.80. The molecule has 2 rings (SSSR count). The van der Waals surface area contributed by atoms with Crippen LogP contribution in [0.1, 0.15) is 17.2 Å². The van der Waals surface area contributed by atoms with Gasteiger partial charge >= 0.3 is 0 Å². The summed E-state index contributed by atoms with van der Waals surface area (Å²) in [6.45, 7) is 0.808. The third kappa shape index (κ3) is 5.47. The van der Waals surface area contributed by atoms with Crippen LogP contribution in [0.5, 0.6) is 11.5 Å². The van der Waals surface area contributed by atoms with Gasteiger partial charge in [0, 0.05) is 4.47 Å². The Labute approximate surface area is 163 Å². The van der Waals surface area contributed by atoms with Gasteiger partial charge in [0.2, 0.25) is 5.91 Å². The maximum absolute atomic E-state index is 12.7. The zero-order valence-electron chi connectivity index (χ0n) is 15.6. The highest BCUT2D eigenvalue weighted by Gasteiger charge is 2.19. The molecule has 140 valence electrons. The minimum Gasteiger partial charge on any atom is -0.493 e. The molecule has 5 nitrogen and oxygen atoms in total. The molecule has 2 N–H and O–H groups in total. The highest BCUT2D eigenvalue weighted by atomic mass is 79.9. The molecule has 0 aromatic heterocycles. The van der Waals surface area contributed by atoms with Crippen LogP contribution in [0.3, 0.4) is 0 Å². The normalized spacial score (nSPS) is 11.9. The average Bonchev–Trinajstić information content (AvgIpc) is 2.62. The molecule has 0 bridgehead atoms. The number of methoxy groups -OCH3 is 2. The molecule has 6 heteroatoms. The van der Waals surface area contributed by atoms with Crippen molar-refractivity contribution in [3.63, 3.8) is 0 Å². The smallest absolute Gasteiger partial charge is 0.225 e. The van der Waals surface area contributed by atoms with Crippen LogP contribution >= 0.6 is 15.9 Å². The highest BCUT2D eigenvalue weighted by molar-refractivity contribution is 9.10. The summed E-state index contributed by atoms with van der Waals surface area (Å²) in [5.41, 5.74) is 1.96. The topological polar surface area (TPSA) is 52.0 Å². The molecule has 0 aliphatic heterocycles. The second kappa shape index (κ2) is 9.59. The number of halogens is 1. The van der Waals surface area contributed by atoms with E-state index >= 15 is 0 Å². The van der Waals surface area contributed by atoms with Crippen molar-refractivity contribution in [1.29, 1.82) is 0 Å². The monoisotopic (exact) mass is 421 g/mol. The van der Waals surface area contributed by atoms with Gasteiger partial charge in [-0.25, -0.2) is 0 Å². The number of likely N-dealkylation sites (N-methyl/N-ethyl adjacent to an activating group) is 1. The highest BCUT2D eigenvalue weighted by Crippen LogP contribution is 2.33. The Hall–Kier alpha value is -2.05. The molecule has 0 aliphatic carbocycles. The van der Waals surface area contributed by atoms with Crippen LogP contribution in [0, 0.1) is 0 Å². The number of nitrogens with one attached hydrogen (secondary N) is 2. The fourth-order valence-corrected chi connectivity index (χ4v) is 3.26. The van der Waals surface area contributed by atoms with Gasteiger partial charge in [-0.15, -0.1) is 0 Å². The quantitative estimate of drug-likeness (QED) is 0.685. The van der Waals surface area contributed by atoms with Crippen LogP contribution in [0.15, 0.2) is 46.9 Å². The number of hydrogen-bond donors (Lipinski definition) is 2. The molecule has 26 heavy (non-hydrogen) atoms. The minimum absolute atomic E-state index is 0.0342. The zero-order valence-corrected chi connectivity index (χ0v) is 17.2. The first-order valence-corrected chi connectivity index (χ1v) is 9.27. The Morgan fingerprint density at radius 1 is 1.12 bits per heavy atom. The van der Waals surface area contributed by atoms with Gasteiger partial charge in [-0.05, 0) is 23.3 Å². The molecule has 0 saturated heterocycles. The first kappa shape index (κ1) is 20.3. The van der Waals surface area contributed by atoms with Crippen molar-refractivity contribution >= 4 is 21.8 Å². The van der Waals surface area contributed by atoms with Gasteiger partial charge in [-0.2, -0.15) is 0 Å². The van der Waals surface area contributed by atoms with Gasteiger partial charge in [0.05, 0.1) is 34.7 Å².